The molecule has 1 saturated carbocycles. The third-order valence-electron chi connectivity index (χ3n) is 8.67. The molecule has 0 radical (unpaired) electrons. The fraction of sp³-hybridized carbons (Fsp3) is 0.741. The van der Waals surface area contributed by atoms with E-state index >= 15 is 0 Å². The van der Waals surface area contributed by atoms with Crippen LogP contribution in [0.4, 0.5) is 0 Å². The van der Waals surface area contributed by atoms with Gasteiger partial charge in [0.1, 0.15) is 12.6 Å². The van der Waals surface area contributed by atoms with E-state index in [1.54, 1.807) is 16.7 Å². The van der Waals surface area contributed by atoms with Crippen LogP contribution in [0.15, 0.2) is 24.3 Å². The minimum Gasteiger partial charge on any atom is -0.461 e. The number of carbonyl (C=O) groups is 3. The van der Waals surface area contributed by atoms with Crippen LogP contribution >= 0.6 is 11.8 Å². The largest absolute Gasteiger partial charge is 0.461 e. The summed E-state index contributed by atoms with van der Waals surface area (Å²) in [7, 11) is 0. The second kappa shape index (κ2) is 9.92. The second-order valence-corrected chi connectivity index (χ2v) is 12.7. The number of esters is 1. The molecule has 0 bridgehead atoms. The van der Waals surface area contributed by atoms with E-state index in [2.05, 4.69) is 12.2 Å². The number of aliphatic hydroxyl groups is 1. The molecule has 192 valence electrons. The lowest BCUT2D eigenvalue weighted by Crippen LogP contribution is -2.55. The number of rotatable bonds is 7. The molecular formula is C27H38N2O5S. The molecule has 35 heavy (non-hydrogen) atoms. The van der Waals surface area contributed by atoms with Gasteiger partial charge in [0.25, 0.3) is 0 Å². The van der Waals surface area contributed by atoms with Crippen molar-refractivity contribution >= 4 is 29.5 Å². The molecule has 1 spiro atoms. The summed E-state index contributed by atoms with van der Waals surface area (Å²) in [5, 5.41) is 9.11. The Bertz CT molecular complexity index is 915. The fourth-order valence-electron chi connectivity index (χ4n) is 7.08. The van der Waals surface area contributed by atoms with Gasteiger partial charge < -0.3 is 19.6 Å². The maximum absolute atomic E-state index is 14.3. The molecule has 0 aromatic rings. The summed E-state index contributed by atoms with van der Waals surface area (Å²) in [6, 6.07) is -0.387. The molecule has 5 rings (SSSR count). The highest BCUT2D eigenvalue weighted by Crippen LogP contribution is 2.65. The number of aliphatic hydroxyl groups excluding tert-OH is 1. The van der Waals surface area contributed by atoms with Gasteiger partial charge in [-0.2, -0.15) is 0 Å². The van der Waals surface area contributed by atoms with Gasteiger partial charge in [-0.15, -0.1) is 11.8 Å². The maximum Gasteiger partial charge on any atom is 0.311 e. The predicted octanol–water partition coefficient (Wildman–Crippen LogP) is 3.07. The Hall–Kier alpha value is -1.80. The normalized spacial score (nSPS) is 37.1. The molecule has 2 amide bonds. The van der Waals surface area contributed by atoms with E-state index in [1.165, 1.54) is 6.42 Å². The van der Waals surface area contributed by atoms with Gasteiger partial charge in [-0.3, -0.25) is 14.4 Å². The van der Waals surface area contributed by atoms with Crippen LogP contribution in [0, 0.1) is 11.8 Å². The lowest BCUT2D eigenvalue weighted by Gasteiger charge is -2.40. The Kier molecular flexibility index (Phi) is 7.05. The van der Waals surface area contributed by atoms with E-state index < -0.39 is 27.4 Å². The van der Waals surface area contributed by atoms with Gasteiger partial charge in [-0.05, 0) is 38.7 Å². The number of cyclic esters (lactones) is 1. The predicted molar refractivity (Wildman–Crippen MR) is 135 cm³/mol. The van der Waals surface area contributed by atoms with Crippen molar-refractivity contribution in [3.05, 3.63) is 24.3 Å². The van der Waals surface area contributed by atoms with Gasteiger partial charge >= 0.3 is 5.97 Å². The molecule has 4 heterocycles. The van der Waals surface area contributed by atoms with Gasteiger partial charge in [0.2, 0.25) is 11.8 Å². The zero-order valence-corrected chi connectivity index (χ0v) is 21.5. The van der Waals surface area contributed by atoms with E-state index in [0.29, 0.717) is 13.1 Å². The number of thioether (sulfide) groups is 1. The molecule has 2 saturated heterocycles. The number of likely N-dealkylation sites (tertiary alicyclic amines) is 1. The van der Waals surface area contributed by atoms with Crippen molar-refractivity contribution in [3.8, 4) is 0 Å². The highest BCUT2D eigenvalue weighted by molar-refractivity contribution is 8.02. The maximum atomic E-state index is 14.3. The molecule has 5 aliphatic rings. The summed E-state index contributed by atoms with van der Waals surface area (Å²) in [5.74, 6) is -1.61. The third kappa shape index (κ3) is 4.14. The summed E-state index contributed by atoms with van der Waals surface area (Å²) in [5.41, 5.74) is 0. The first kappa shape index (κ1) is 24.9. The van der Waals surface area contributed by atoms with Crippen molar-refractivity contribution in [3.63, 3.8) is 0 Å². The number of hydrogen-bond donors (Lipinski definition) is 1. The van der Waals surface area contributed by atoms with Crippen LogP contribution in [-0.2, 0) is 19.1 Å². The van der Waals surface area contributed by atoms with E-state index in [4.69, 9.17) is 9.84 Å². The Morgan fingerprint density at radius 2 is 1.77 bits per heavy atom. The van der Waals surface area contributed by atoms with Crippen molar-refractivity contribution in [1.82, 2.24) is 9.80 Å². The molecule has 1 N–H and O–H groups in total. The number of fused-ring (bicyclic) bond motifs is 2. The number of carbonyl (C=O) groups excluding carboxylic acids is 3. The van der Waals surface area contributed by atoms with Crippen LogP contribution in [0.3, 0.4) is 0 Å². The molecule has 1 unspecified atom stereocenters. The monoisotopic (exact) mass is 502 g/mol. The summed E-state index contributed by atoms with van der Waals surface area (Å²) in [6.07, 6.45) is 16.9. The number of hydrogen-bond acceptors (Lipinski definition) is 6. The summed E-state index contributed by atoms with van der Waals surface area (Å²) in [6.45, 7) is 3.48. The van der Waals surface area contributed by atoms with Gasteiger partial charge in [-0.25, -0.2) is 0 Å². The molecule has 0 aromatic heterocycles. The standard InChI is InChI=1S/C27H38N2O5S/c1-26-13-10-18-34-25(33)21(26)20-23(31)29(15-7-2-3-8-17-30)22-24(32)28(19-11-5-4-6-12-19)16-9-14-27(20,22)35-26/h9-10,13-14,19-22,30H,2-8,11-12,15-18H2,1H3/t20-,21-,22?,26+,27-/m0/s1. The van der Waals surface area contributed by atoms with Crippen molar-refractivity contribution < 1.29 is 24.2 Å². The molecule has 8 heteroatoms. The van der Waals surface area contributed by atoms with Crippen LogP contribution < -0.4 is 0 Å². The Morgan fingerprint density at radius 1 is 1.00 bits per heavy atom. The van der Waals surface area contributed by atoms with Crippen molar-refractivity contribution in [2.24, 2.45) is 11.8 Å². The Labute approximate surface area is 212 Å². The first-order chi connectivity index (χ1) is 16.9. The fourth-order valence-corrected chi connectivity index (χ4v) is 9.23. The number of unbranched alkanes of at least 4 members (excludes halogenated alkanes) is 3. The lowest BCUT2D eigenvalue weighted by atomic mass is 9.75. The molecule has 3 fully saturated rings. The summed E-state index contributed by atoms with van der Waals surface area (Å²) < 4.78 is 4.13. The Balaban J connectivity index is 1.51. The average Bonchev–Trinajstić information content (AvgIpc) is 3.10. The summed E-state index contributed by atoms with van der Waals surface area (Å²) in [4.78, 5) is 45.4. The smallest absolute Gasteiger partial charge is 0.311 e. The van der Waals surface area contributed by atoms with Crippen molar-refractivity contribution in [1.29, 1.82) is 0 Å². The molecule has 7 nitrogen and oxygen atoms in total. The van der Waals surface area contributed by atoms with Crippen LogP contribution in [0.25, 0.3) is 0 Å². The SMILES string of the molecule is C[C@@]12C=CCOC(=O)[C@@H]1[C@H]1C(=O)N(CCCCCCO)C3C(=O)N(C4CCCCC4)CC=C[C@@]31S2. The summed E-state index contributed by atoms with van der Waals surface area (Å²) >= 11 is 1.62. The highest BCUT2D eigenvalue weighted by atomic mass is 32.2. The first-order valence-corrected chi connectivity index (χ1v) is 14.2. The quantitative estimate of drug-likeness (QED) is 0.327. The van der Waals surface area contributed by atoms with Crippen molar-refractivity contribution in [2.75, 3.05) is 26.3 Å². The Morgan fingerprint density at radius 3 is 2.54 bits per heavy atom. The molecule has 0 aromatic carbocycles. The van der Waals surface area contributed by atoms with Gasteiger partial charge in [0, 0.05) is 30.5 Å². The van der Waals surface area contributed by atoms with Crippen LogP contribution in [0.2, 0.25) is 0 Å². The zero-order valence-electron chi connectivity index (χ0n) is 20.7. The number of amides is 2. The van der Waals surface area contributed by atoms with E-state index in [0.717, 1.165) is 51.4 Å². The van der Waals surface area contributed by atoms with Gasteiger partial charge in [0.05, 0.1) is 16.6 Å². The first-order valence-electron chi connectivity index (χ1n) is 13.4. The van der Waals surface area contributed by atoms with Crippen molar-refractivity contribution in [2.45, 2.75) is 86.3 Å². The van der Waals surface area contributed by atoms with E-state index in [9.17, 15) is 14.4 Å². The van der Waals surface area contributed by atoms with Crippen LogP contribution in [-0.4, -0.2) is 80.6 Å². The second-order valence-electron chi connectivity index (χ2n) is 10.9. The molecular weight excluding hydrogens is 464 g/mol. The lowest BCUT2D eigenvalue weighted by molar-refractivity contribution is -0.152. The third-order valence-corrected chi connectivity index (χ3v) is 10.5. The highest BCUT2D eigenvalue weighted by Gasteiger charge is 2.74. The number of nitrogens with zero attached hydrogens (tertiary/aromatic N) is 2. The number of ether oxygens (including phenoxy) is 1. The topological polar surface area (TPSA) is 87.1 Å². The van der Waals surface area contributed by atoms with Crippen LogP contribution in [0.1, 0.15) is 64.7 Å². The van der Waals surface area contributed by atoms with E-state index in [1.807, 2.05) is 24.0 Å². The molecule has 1 aliphatic carbocycles. The molecule has 4 aliphatic heterocycles. The minimum atomic E-state index is -0.775. The van der Waals surface area contributed by atoms with Gasteiger partial charge in [0.15, 0.2) is 0 Å². The van der Waals surface area contributed by atoms with Gasteiger partial charge in [-0.1, -0.05) is 50.3 Å². The average molecular weight is 503 g/mol. The zero-order chi connectivity index (χ0) is 24.6. The van der Waals surface area contributed by atoms with E-state index in [-0.39, 0.29) is 37.0 Å². The van der Waals surface area contributed by atoms with Crippen LogP contribution in [0.5, 0.6) is 0 Å². The minimum absolute atomic E-state index is 0.0398. The molecule has 5 atom stereocenters.